The summed E-state index contributed by atoms with van der Waals surface area (Å²) in [5, 5.41) is 1.20. The molecule has 1 aliphatic rings. The maximum absolute atomic E-state index is 11.9. The lowest BCUT2D eigenvalue weighted by atomic mass is 10.2. The number of imidazole rings is 1. The normalized spacial score (nSPS) is 15.3. The summed E-state index contributed by atoms with van der Waals surface area (Å²) >= 11 is 12.7. The van der Waals surface area contributed by atoms with Crippen LogP contribution >= 0.6 is 23.2 Å². The van der Waals surface area contributed by atoms with Crippen molar-refractivity contribution in [3.63, 3.8) is 0 Å². The topological polar surface area (TPSA) is 84.2 Å². The number of aromatic nitrogens is 4. The minimum Gasteiger partial charge on any atom is -0.352 e. The van der Waals surface area contributed by atoms with Crippen LogP contribution in [0.2, 0.25) is 10.0 Å². The fourth-order valence-electron chi connectivity index (χ4n) is 4.00. The van der Waals surface area contributed by atoms with E-state index >= 15 is 0 Å². The number of hydrogen-bond acceptors (Lipinski definition) is 6. The molecule has 2 aromatic heterocycles. The van der Waals surface area contributed by atoms with Crippen LogP contribution < -0.4 is 4.90 Å². The first kappa shape index (κ1) is 22.1. The molecule has 0 unspecified atom stereocenters. The summed E-state index contributed by atoms with van der Waals surface area (Å²) in [5.41, 5.74) is 2.85. The zero-order valence-electron chi connectivity index (χ0n) is 17.7. The number of halogens is 2. The van der Waals surface area contributed by atoms with Crippen molar-refractivity contribution in [1.82, 2.24) is 23.8 Å². The van der Waals surface area contributed by atoms with Gasteiger partial charge in [0, 0.05) is 42.5 Å². The van der Waals surface area contributed by atoms with Gasteiger partial charge in [-0.3, -0.25) is 4.57 Å². The third-order valence-electron chi connectivity index (χ3n) is 5.63. The molecule has 5 rings (SSSR count). The van der Waals surface area contributed by atoms with Gasteiger partial charge >= 0.3 is 0 Å². The fraction of sp³-hybridized carbons (Fsp3) is 0.227. The van der Waals surface area contributed by atoms with E-state index in [1.54, 1.807) is 0 Å². The molecular formula is C22H20Cl2N6O2S. The van der Waals surface area contributed by atoms with Crippen molar-refractivity contribution in [2.45, 2.75) is 0 Å². The highest BCUT2D eigenvalue weighted by Gasteiger charge is 2.27. The number of fused-ring (bicyclic) bond motifs is 1. The minimum absolute atomic E-state index is 0.388. The van der Waals surface area contributed by atoms with Crippen molar-refractivity contribution in [1.29, 1.82) is 0 Å². The highest BCUT2D eigenvalue weighted by molar-refractivity contribution is 7.88. The number of sulfonamides is 1. The zero-order chi connectivity index (χ0) is 23.2. The highest BCUT2D eigenvalue weighted by atomic mass is 35.5. The Labute approximate surface area is 201 Å². The molecule has 2 aromatic carbocycles. The molecule has 0 N–H and O–H groups in total. The Morgan fingerprint density at radius 3 is 2.27 bits per heavy atom. The zero-order valence-corrected chi connectivity index (χ0v) is 20.0. The van der Waals surface area contributed by atoms with Crippen LogP contribution in [-0.4, -0.2) is 64.7 Å². The maximum atomic E-state index is 11.9. The van der Waals surface area contributed by atoms with E-state index in [1.807, 2.05) is 58.0 Å². The average molecular weight is 503 g/mol. The summed E-state index contributed by atoms with van der Waals surface area (Å²) < 4.78 is 27.2. The van der Waals surface area contributed by atoms with Gasteiger partial charge in [0.15, 0.2) is 17.0 Å². The second-order valence-electron chi connectivity index (χ2n) is 7.75. The van der Waals surface area contributed by atoms with Gasteiger partial charge in [0.25, 0.3) is 0 Å². The molecule has 0 spiro atoms. The van der Waals surface area contributed by atoms with Gasteiger partial charge in [0.05, 0.1) is 11.3 Å². The molecule has 33 heavy (non-hydrogen) atoms. The predicted molar refractivity (Wildman–Crippen MR) is 131 cm³/mol. The van der Waals surface area contributed by atoms with Crippen LogP contribution in [-0.2, 0) is 10.0 Å². The second-order valence-corrected chi connectivity index (χ2v) is 10.6. The molecule has 4 aromatic rings. The van der Waals surface area contributed by atoms with Crippen molar-refractivity contribution in [2.24, 2.45) is 0 Å². The summed E-state index contributed by atoms with van der Waals surface area (Å²) in [4.78, 5) is 16.0. The Bertz CT molecular complexity index is 1430. The van der Waals surface area contributed by atoms with Crippen molar-refractivity contribution in [3.8, 4) is 17.1 Å². The van der Waals surface area contributed by atoms with Gasteiger partial charge in [-0.15, -0.1) is 0 Å². The molecule has 3 heterocycles. The van der Waals surface area contributed by atoms with Crippen LogP contribution in [0.5, 0.6) is 0 Å². The number of nitrogens with zero attached hydrogens (tertiary/aromatic N) is 6. The van der Waals surface area contributed by atoms with Gasteiger partial charge in [-0.1, -0.05) is 35.3 Å². The molecular weight excluding hydrogens is 483 g/mol. The molecule has 0 atom stereocenters. The molecule has 1 aliphatic heterocycles. The standard InChI is InChI=1S/C22H20Cl2N6O2S/c1-33(31,32)29-12-10-28(11-13-29)21-19-22(26-14-25-21)30(16-8-6-15(23)7-9-16)20(27-19)17-4-2-3-5-18(17)24/h2-9,14H,10-13H2,1H3. The Balaban J connectivity index is 1.67. The van der Waals surface area contributed by atoms with Gasteiger partial charge in [0.2, 0.25) is 10.0 Å². The predicted octanol–water partition coefficient (Wildman–Crippen LogP) is 3.87. The Morgan fingerprint density at radius 2 is 1.61 bits per heavy atom. The number of benzene rings is 2. The molecule has 1 saturated heterocycles. The first-order valence-electron chi connectivity index (χ1n) is 10.3. The van der Waals surface area contributed by atoms with Crippen LogP contribution in [0.25, 0.3) is 28.2 Å². The first-order valence-corrected chi connectivity index (χ1v) is 12.9. The lowest BCUT2D eigenvalue weighted by molar-refractivity contribution is 0.387. The van der Waals surface area contributed by atoms with E-state index in [-0.39, 0.29) is 0 Å². The number of piperazine rings is 1. The third kappa shape index (κ3) is 4.17. The van der Waals surface area contributed by atoms with Gasteiger partial charge in [-0.2, -0.15) is 4.31 Å². The van der Waals surface area contributed by atoms with E-state index in [0.717, 1.165) is 11.3 Å². The van der Waals surface area contributed by atoms with Crippen LogP contribution in [0.1, 0.15) is 0 Å². The second kappa shape index (κ2) is 8.57. The molecule has 11 heteroatoms. The lowest BCUT2D eigenvalue weighted by Gasteiger charge is -2.33. The minimum atomic E-state index is -3.23. The van der Waals surface area contributed by atoms with E-state index in [9.17, 15) is 8.42 Å². The van der Waals surface area contributed by atoms with Crippen LogP contribution in [0, 0.1) is 0 Å². The smallest absolute Gasteiger partial charge is 0.211 e. The summed E-state index contributed by atoms with van der Waals surface area (Å²) in [6, 6.07) is 14.9. The molecule has 0 radical (unpaired) electrons. The first-order chi connectivity index (χ1) is 15.8. The fourth-order valence-corrected chi connectivity index (χ4v) is 5.17. The SMILES string of the molecule is CS(=O)(=O)N1CCN(c2ncnc3c2nc(-c2ccccc2Cl)n3-c2ccc(Cl)cc2)CC1. The van der Waals surface area contributed by atoms with Gasteiger partial charge in [-0.05, 0) is 36.4 Å². The molecule has 0 saturated carbocycles. The molecule has 0 aliphatic carbocycles. The number of hydrogen-bond donors (Lipinski definition) is 0. The van der Waals surface area contributed by atoms with Crippen LogP contribution in [0.15, 0.2) is 54.9 Å². The summed E-state index contributed by atoms with van der Waals surface area (Å²) in [5.74, 6) is 1.30. The molecule has 170 valence electrons. The lowest BCUT2D eigenvalue weighted by Crippen LogP contribution is -2.48. The van der Waals surface area contributed by atoms with Gasteiger partial charge in [-0.25, -0.2) is 23.4 Å². The van der Waals surface area contributed by atoms with Crippen molar-refractivity contribution in [2.75, 3.05) is 37.3 Å². The van der Waals surface area contributed by atoms with Gasteiger partial charge < -0.3 is 4.90 Å². The van der Waals surface area contributed by atoms with E-state index in [4.69, 9.17) is 28.2 Å². The molecule has 8 nitrogen and oxygen atoms in total. The monoisotopic (exact) mass is 502 g/mol. The largest absolute Gasteiger partial charge is 0.352 e. The summed E-state index contributed by atoms with van der Waals surface area (Å²) in [6.45, 7) is 1.79. The molecule has 0 bridgehead atoms. The van der Waals surface area contributed by atoms with E-state index < -0.39 is 10.0 Å². The Morgan fingerprint density at radius 1 is 0.909 bits per heavy atom. The average Bonchev–Trinajstić information content (AvgIpc) is 3.19. The summed E-state index contributed by atoms with van der Waals surface area (Å²) in [6.07, 6.45) is 2.74. The van der Waals surface area contributed by atoms with E-state index in [0.29, 0.717) is 59.0 Å². The van der Waals surface area contributed by atoms with Crippen molar-refractivity contribution < 1.29 is 8.42 Å². The third-order valence-corrected chi connectivity index (χ3v) is 7.52. The van der Waals surface area contributed by atoms with Crippen molar-refractivity contribution in [3.05, 3.63) is 64.9 Å². The summed E-state index contributed by atoms with van der Waals surface area (Å²) in [7, 11) is -3.23. The quantitative estimate of drug-likeness (QED) is 0.421. The van der Waals surface area contributed by atoms with Crippen molar-refractivity contribution >= 4 is 50.2 Å². The maximum Gasteiger partial charge on any atom is 0.211 e. The van der Waals surface area contributed by atoms with Gasteiger partial charge in [0.1, 0.15) is 12.2 Å². The van der Waals surface area contributed by atoms with Crippen LogP contribution in [0.3, 0.4) is 0 Å². The number of rotatable bonds is 4. The van der Waals surface area contributed by atoms with E-state index in [1.165, 1.54) is 16.9 Å². The Hall–Kier alpha value is -2.72. The molecule has 0 amide bonds. The van der Waals surface area contributed by atoms with E-state index in [2.05, 4.69) is 9.97 Å². The Kier molecular flexibility index (Phi) is 5.74. The molecule has 1 fully saturated rings. The van der Waals surface area contributed by atoms with Crippen LogP contribution in [0.4, 0.5) is 5.82 Å². The number of anilines is 1. The highest BCUT2D eigenvalue weighted by Crippen LogP contribution is 2.35.